The molecule has 4 heteroatoms. The van der Waals surface area contributed by atoms with Crippen molar-refractivity contribution in [1.29, 1.82) is 0 Å². The van der Waals surface area contributed by atoms with Crippen LogP contribution >= 0.6 is 0 Å². The van der Waals surface area contributed by atoms with Gasteiger partial charge in [-0.1, -0.05) is 54.6 Å². The molecule has 0 unspecified atom stereocenters. The van der Waals surface area contributed by atoms with Crippen LogP contribution in [-0.4, -0.2) is 15.5 Å². The quantitative estimate of drug-likeness (QED) is 0.521. The second kappa shape index (κ2) is 6.20. The van der Waals surface area contributed by atoms with Gasteiger partial charge in [0, 0.05) is 28.4 Å². The number of aryl methyl sites for hydroxylation is 1. The van der Waals surface area contributed by atoms with Gasteiger partial charge in [-0.3, -0.25) is 9.59 Å². The van der Waals surface area contributed by atoms with E-state index in [1.807, 2.05) is 54.6 Å². The SMILES string of the molecule is O=C1c2ccccc2-c2c1c1ccccc1c(=O)n2CCc1ccc(O)cc1. The molecule has 1 aliphatic rings. The number of aromatic hydroxyl groups is 1. The van der Waals surface area contributed by atoms with Gasteiger partial charge in [0.05, 0.1) is 11.3 Å². The molecule has 0 amide bonds. The molecule has 28 heavy (non-hydrogen) atoms. The molecule has 1 N–H and O–H groups in total. The Morgan fingerprint density at radius 2 is 1.39 bits per heavy atom. The summed E-state index contributed by atoms with van der Waals surface area (Å²) in [5.74, 6) is 0.187. The fourth-order valence-corrected chi connectivity index (χ4v) is 4.05. The first-order valence-electron chi connectivity index (χ1n) is 9.22. The lowest BCUT2D eigenvalue weighted by Crippen LogP contribution is -2.24. The Kier molecular flexibility index (Phi) is 3.66. The number of ketones is 1. The Morgan fingerprint density at radius 3 is 2.14 bits per heavy atom. The summed E-state index contributed by atoms with van der Waals surface area (Å²) in [5.41, 5.74) is 3.72. The second-order valence-electron chi connectivity index (χ2n) is 7.02. The molecule has 1 aromatic heterocycles. The third-order valence-electron chi connectivity index (χ3n) is 5.39. The monoisotopic (exact) mass is 367 g/mol. The molecule has 0 aliphatic heterocycles. The molecule has 0 bridgehead atoms. The van der Waals surface area contributed by atoms with Crippen LogP contribution in [0.3, 0.4) is 0 Å². The first-order valence-corrected chi connectivity index (χ1v) is 9.22. The number of phenolic OH excluding ortho intramolecular Hbond substituents is 1. The van der Waals surface area contributed by atoms with E-state index in [-0.39, 0.29) is 17.1 Å². The highest BCUT2D eigenvalue weighted by Crippen LogP contribution is 2.39. The Morgan fingerprint density at radius 1 is 0.750 bits per heavy atom. The average molecular weight is 367 g/mol. The molecule has 0 saturated heterocycles. The molecule has 0 fully saturated rings. The third kappa shape index (κ3) is 2.38. The second-order valence-corrected chi connectivity index (χ2v) is 7.02. The molecule has 136 valence electrons. The van der Waals surface area contributed by atoms with Gasteiger partial charge in [0.15, 0.2) is 5.78 Å². The summed E-state index contributed by atoms with van der Waals surface area (Å²) in [7, 11) is 0. The van der Waals surface area contributed by atoms with E-state index in [0.29, 0.717) is 40.6 Å². The fourth-order valence-electron chi connectivity index (χ4n) is 4.05. The van der Waals surface area contributed by atoms with Crippen LogP contribution in [0.2, 0.25) is 0 Å². The highest BCUT2D eigenvalue weighted by atomic mass is 16.3. The number of aromatic nitrogens is 1. The topological polar surface area (TPSA) is 59.3 Å². The molecular formula is C24H17NO3. The van der Waals surface area contributed by atoms with Gasteiger partial charge in [-0.25, -0.2) is 0 Å². The van der Waals surface area contributed by atoms with Crippen LogP contribution in [0, 0.1) is 0 Å². The number of pyridine rings is 1. The Bertz CT molecular complexity index is 1300. The molecule has 4 nitrogen and oxygen atoms in total. The van der Waals surface area contributed by atoms with Crippen LogP contribution in [0.15, 0.2) is 77.6 Å². The average Bonchev–Trinajstić information content (AvgIpc) is 3.02. The van der Waals surface area contributed by atoms with Gasteiger partial charge >= 0.3 is 0 Å². The van der Waals surface area contributed by atoms with Crippen molar-refractivity contribution in [3.8, 4) is 17.0 Å². The van der Waals surface area contributed by atoms with Gasteiger partial charge in [-0.15, -0.1) is 0 Å². The molecule has 0 atom stereocenters. The fraction of sp³-hybridized carbons (Fsp3) is 0.0833. The summed E-state index contributed by atoms with van der Waals surface area (Å²) >= 11 is 0. The van der Waals surface area contributed by atoms with Gasteiger partial charge < -0.3 is 9.67 Å². The number of benzene rings is 3. The number of rotatable bonds is 3. The Labute approximate surface area is 161 Å². The van der Waals surface area contributed by atoms with Gasteiger partial charge in [0.1, 0.15) is 5.75 Å². The summed E-state index contributed by atoms with van der Waals surface area (Å²) in [6, 6.07) is 21.8. The maximum Gasteiger partial charge on any atom is 0.258 e. The lowest BCUT2D eigenvalue weighted by Gasteiger charge is -2.15. The summed E-state index contributed by atoms with van der Waals surface area (Å²) in [6.45, 7) is 0.457. The van der Waals surface area contributed by atoms with Crippen molar-refractivity contribution in [3.63, 3.8) is 0 Å². The molecule has 5 rings (SSSR count). The van der Waals surface area contributed by atoms with Crippen molar-refractivity contribution in [1.82, 2.24) is 4.57 Å². The number of fused-ring (bicyclic) bond motifs is 5. The van der Waals surface area contributed by atoms with Crippen LogP contribution in [-0.2, 0) is 13.0 Å². The lowest BCUT2D eigenvalue weighted by atomic mass is 10.0. The molecule has 0 spiro atoms. The van der Waals surface area contributed by atoms with Crippen LogP contribution < -0.4 is 5.56 Å². The van der Waals surface area contributed by atoms with Crippen LogP contribution in [0.4, 0.5) is 0 Å². The maximum absolute atomic E-state index is 13.3. The summed E-state index contributed by atoms with van der Waals surface area (Å²) in [5, 5.41) is 10.8. The zero-order valence-corrected chi connectivity index (χ0v) is 15.1. The predicted molar refractivity (Wildman–Crippen MR) is 109 cm³/mol. The van der Waals surface area contributed by atoms with E-state index in [9.17, 15) is 14.7 Å². The van der Waals surface area contributed by atoms with Crippen molar-refractivity contribution in [2.45, 2.75) is 13.0 Å². The molecule has 3 aromatic carbocycles. The number of carbonyl (C=O) groups excluding carboxylic acids is 1. The van der Waals surface area contributed by atoms with E-state index < -0.39 is 0 Å². The lowest BCUT2D eigenvalue weighted by molar-refractivity contribution is 0.104. The number of nitrogens with zero attached hydrogens (tertiary/aromatic N) is 1. The highest BCUT2D eigenvalue weighted by Gasteiger charge is 2.32. The van der Waals surface area contributed by atoms with Crippen molar-refractivity contribution in [3.05, 3.63) is 99.8 Å². The van der Waals surface area contributed by atoms with Crippen molar-refractivity contribution in [2.24, 2.45) is 0 Å². The van der Waals surface area contributed by atoms with Crippen LogP contribution in [0.1, 0.15) is 21.5 Å². The molecule has 0 radical (unpaired) electrons. The minimum atomic E-state index is -0.0855. The third-order valence-corrected chi connectivity index (χ3v) is 5.39. The first kappa shape index (κ1) is 16.5. The first-order chi connectivity index (χ1) is 13.6. The predicted octanol–water partition coefficient (Wildman–Crippen LogP) is 4.16. The van der Waals surface area contributed by atoms with Gasteiger partial charge in [-0.2, -0.15) is 0 Å². The normalized spacial score (nSPS) is 12.2. The molecule has 1 heterocycles. The van der Waals surface area contributed by atoms with Crippen molar-refractivity contribution in [2.75, 3.05) is 0 Å². The summed E-state index contributed by atoms with van der Waals surface area (Å²) in [6.07, 6.45) is 0.626. The zero-order chi connectivity index (χ0) is 19.3. The van der Waals surface area contributed by atoms with E-state index in [1.165, 1.54) is 0 Å². The summed E-state index contributed by atoms with van der Waals surface area (Å²) < 4.78 is 1.73. The maximum atomic E-state index is 13.3. The van der Waals surface area contributed by atoms with E-state index in [1.54, 1.807) is 22.8 Å². The summed E-state index contributed by atoms with van der Waals surface area (Å²) in [4.78, 5) is 26.4. The smallest absolute Gasteiger partial charge is 0.258 e. The molecule has 0 saturated carbocycles. The van der Waals surface area contributed by atoms with E-state index in [4.69, 9.17) is 0 Å². The molecular weight excluding hydrogens is 350 g/mol. The van der Waals surface area contributed by atoms with Gasteiger partial charge in [-0.05, 0) is 30.2 Å². The van der Waals surface area contributed by atoms with Gasteiger partial charge in [0.2, 0.25) is 0 Å². The van der Waals surface area contributed by atoms with E-state index in [0.717, 1.165) is 11.1 Å². The standard InChI is InChI=1S/C24H17NO3/c26-16-11-9-15(10-12-16)13-14-25-22-18-6-2-3-7-19(18)23(27)21(22)17-5-1-4-8-20(17)24(25)28/h1-12,26H,13-14H2. The van der Waals surface area contributed by atoms with Crippen molar-refractivity contribution >= 4 is 16.6 Å². The Hall–Kier alpha value is -3.66. The van der Waals surface area contributed by atoms with Gasteiger partial charge in [0.25, 0.3) is 5.56 Å². The minimum Gasteiger partial charge on any atom is -0.508 e. The van der Waals surface area contributed by atoms with Crippen molar-refractivity contribution < 1.29 is 9.90 Å². The number of hydrogen-bond acceptors (Lipinski definition) is 3. The van der Waals surface area contributed by atoms with Crippen LogP contribution in [0.25, 0.3) is 22.0 Å². The molecule has 4 aromatic rings. The number of hydrogen-bond donors (Lipinski definition) is 1. The Balaban J connectivity index is 1.73. The zero-order valence-electron chi connectivity index (χ0n) is 15.1. The van der Waals surface area contributed by atoms with Crippen LogP contribution in [0.5, 0.6) is 5.75 Å². The highest BCUT2D eigenvalue weighted by molar-refractivity contribution is 6.26. The van der Waals surface area contributed by atoms with E-state index >= 15 is 0 Å². The number of phenols is 1. The van der Waals surface area contributed by atoms with E-state index in [2.05, 4.69) is 0 Å². The minimum absolute atomic E-state index is 0.0276. The molecule has 1 aliphatic carbocycles. The number of carbonyl (C=O) groups is 1. The largest absolute Gasteiger partial charge is 0.508 e.